The predicted octanol–water partition coefficient (Wildman–Crippen LogP) is 2.62. The predicted molar refractivity (Wildman–Crippen MR) is 109 cm³/mol. The van der Waals surface area contributed by atoms with Gasteiger partial charge in [0.25, 0.3) is 0 Å². The summed E-state index contributed by atoms with van der Waals surface area (Å²) in [5.74, 6) is 0.466. The fourth-order valence-corrected chi connectivity index (χ4v) is 3.60. The highest BCUT2D eigenvalue weighted by Crippen LogP contribution is 2.34. The summed E-state index contributed by atoms with van der Waals surface area (Å²) in [4.78, 5) is 27.3. The number of likely N-dealkylation sites (tertiary alicyclic amines) is 1. The number of piperidine rings is 1. The smallest absolute Gasteiger partial charge is 0.236 e. The monoisotopic (exact) mass is 385 g/mol. The van der Waals surface area contributed by atoms with E-state index < -0.39 is 0 Å². The molecule has 0 bridgehead atoms. The number of benzene rings is 1. The highest BCUT2D eigenvalue weighted by Gasteiger charge is 2.29. The molecule has 28 heavy (non-hydrogen) atoms. The molecule has 0 spiro atoms. The van der Waals surface area contributed by atoms with E-state index in [1.807, 2.05) is 49.0 Å². The van der Waals surface area contributed by atoms with Crippen LogP contribution in [0, 0.1) is 5.82 Å². The van der Waals surface area contributed by atoms with Crippen molar-refractivity contribution in [2.45, 2.75) is 18.8 Å². The summed E-state index contributed by atoms with van der Waals surface area (Å²) in [5, 5.41) is 0. The summed E-state index contributed by atoms with van der Waals surface area (Å²) >= 11 is 0. The molecule has 1 aromatic carbocycles. The largest absolute Gasteiger partial charge is 0.347 e. The summed E-state index contributed by atoms with van der Waals surface area (Å²) in [6.45, 7) is 1.74. The number of aromatic nitrogens is 2. The molecular weight excluding hydrogens is 357 g/mol. The first-order chi connectivity index (χ1) is 13.4. The Hall–Kier alpha value is -2.54. The number of likely N-dealkylation sites (N-methyl/N-ethyl adjacent to an activating group) is 1. The van der Waals surface area contributed by atoms with Gasteiger partial charge in [-0.3, -0.25) is 4.79 Å². The molecule has 0 aliphatic carbocycles. The Morgan fingerprint density at radius 3 is 2.64 bits per heavy atom. The van der Waals surface area contributed by atoms with E-state index in [1.165, 1.54) is 6.07 Å². The van der Waals surface area contributed by atoms with Gasteiger partial charge in [-0.1, -0.05) is 18.2 Å². The van der Waals surface area contributed by atoms with E-state index in [4.69, 9.17) is 4.98 Å². The minimum atomic E-state index is -0.290. The Labute approximate surface area is 166 Å². The van der Waals surface area contributed by atoms with Crippen molar-refractivity contribution in [3.8, 4) is 11.1 Å². The van der Waals surface area contributed by atoms with Crippen molar-refractivity contribution >= 4 is 11.9 Å². The molecule has 2 heterocycles. The third kappa shape index (κ3) is 4.47. The number of carbonyl (C=O) groups excluding carboxylic acids is 1. The molecular formula is C21H28FN5O. The van der Waals surface area contributed by atoms with Gasteiger partial charge in [0.2, 0.25) is 11.9 Å². The molecule has 1 aliphatic rings. The molecule has 1 fully saturated rings. The van der Waals surface area contributed by atoms with Crippen molar-refractivity contribution in [3.05, 3.63) is 42.0 Å². The SMILES string of the molecule is CN(C)CC(=O)N1CCC[C@H](c2nc(N(C)C)ncc2-c2ccccc2F)C1. The molecule has 1 aromatic heterocycles. The maximum Gasteiger partial charge on any atom is 0.236 e. The van der Waals surface area contributed by atoms with Crippen LogP contribution in [-0.2, 0) is 4.79 Å². The zero-order chi connectivity index (χ0) is 20.3. The fraction of sp³-hybridized carbons (Fsp3) is 0.476. The van der Waals surface area contributed by atoms with Crippen molar-refractivity contribution in [2.75, 3.05) is 52.7 Å². The molecule has 0 unspecified atom stereocenters. The van der Waals surface area contributed by atoms with Crippen molar-refractivity contribution in [1.82, 2.24) is 19.8 Å². The summed E-state index contributed by atoms with van der Waals surface area (Å²) in [6, 6.07) is 6.70. The average Bonchev–Trinajstić information content (AvgIpc) is 2.67. The van der Waals surface area contributed by atoms with Gasteiger partial charge in [0.05, 0.1) is 12.2 Å². The second-order valence-electron chi connectivity index (χ2n) is 7.76. The molecule has 1 saturated heterocycles. The number of hydrogen-bond acceptors (Lipinski definition) is 5. The first-order valence-corrected chi connectivity index (χ1v) is 9.58. The standard InChI is InChI=1S/C21H28FN5O/c1-25(2)14-19(28)27-11-7-8-15(13-27)20-17(12-23-21(24-20)26(3)4)16-9-5-6-10-18(16)22/h5-6,9-10,12,15H,7-8,11,13-14H2,1-4H3/t15-/m0/s1. The van der Waals surface area contributed by atoms with E-state index in [0.717, 1.165) is 25.1 Å². The van der Waals surface area contributed by atoms with Crippen molar-refractivity contribution in [2.24, 2.45) is 0 Å². The van der Waals surface area contributed by atoms with Gasteiger partial charge in [-0.05, 0) is 33.0 Å². The van der Waals surface area contributed by atoms with Gasteiger partial charge in [0.1, 0.15) is 5.82 Å². The number of anilines is 1. The molecule has 1 aliphatic heterocycles. The lowest BCUT2D eigenvalue weighted by molar-refractivity contribution is -0.133. The van der Waals surface area contributed by atoms with Crippen LogP contribution in [0.5, 0.6) is 0 Å². The molecule has 2 aromatic rings. The normalized spacial score (nSPS) is 17.1. The highest BCUT2D eigenvalue weighted by molar-refractivity contribution is 5.78. The van der Waals surface area contributed by atoms with Gasteiger partial charge in [0, 0.05) is 50.4 Å². The van der Waals surface area contributed by atoms with Crippen LogP contribution in [0.2, 0.25) is 0 Å². The lowest BCUT2D eigenvalue weighted by Gasteiger charge is -2.34. The third-order valence-electron chi connectivity index (χ3n) is 4.98. The molecule has 3 rings (SSSR count). The zero-order valence-corrected chi connectivity index (χ0v) is 17.0. The van der Waals surface area contributed by atoms with E-state index in [1.54, 1.807) is 18.3 Å². The van der Waals surface area contributed by atoms with E-state index in [9.17, 15) is 9.18 Å². The van der Waals surface area contributed by atoms with Crippen molar-refractivity contribution in [1.29, 1.82) is 0 Å². The van der Waals surface area contributed by atoms with Crippen LogP contribution in [0.3, 0.4) is 0 Å². The summed E-state index contributed by atoms with van der Waals surface area (Å²) in [7, 11) is 7.55. The Balaban J connectivity index is 1.98. The Kier molecular flexibility index (Phi) is 6.24. The van der Waals surface area contributed by atoms with Gasteiger partial charge in [-0.2, -0.15) is 0 Å². The maximum absolute atomic E-state index is 14.5. The molecule has 0 saturated carbocycles. The second kappa shape index (κ2) is 8.65. The maximum atomic E-state index is 14.5. The van der Waals surface area contributed by atoms with Crippen LogP contribution in [0.4, 0.5) is 10.3 Å². The number of rotatable bonds is 5. The Morgan fingerprint density at radius 1 is 1.21 bits per heavy atom. The lowest BCUT2D eigenvalue weighted by Crippen LogP contribution is -2.43. The fourth-order valence-electron chi connectivity index (χ4n) is 3.60. The lowest BCUT2D eigenvalue weighted by atomic mass is 9.89. The highest BCUT2D eigenvalue weighted by atomic mass is 19.1. The number of halogens is 1. The third-order valence-corrected chi connectivity index (χ3v) is 4.98. The van der Waals surface area contributed by atoms with Gasteiger partial charge in [-0.25, -0.2) is 14.4 Å². The van der Waals surface area contributed by atoms with Gasteiger partial charge >= 0.3 is 0 Å². The van der Waals surface area contributed by atoms with E-state index in [-0.39, 0.29) is 17.6 Å². The molecule has 1 atom stereocenters. The van der Waals surface area contributed by atoms with Crippen LogP contribution in [0.1, 0.15) is 24.5 Å². The van der Waals surface area contributed by atoms with Gasteiger partial charge in [-0.15, -0.1) is 0 Å². The minimum absolute atomic E-state index is 0.0520. The van der Waals surface area contributed by atoms with Crippen molar-refractivity contribution < 1.29 is 9.18 Å². The van der Waals surface area contributed by atoms with E-state index >= 15 is 0 Å². The van der Waals surface area contributed by atoms with Gasteiger partial charge in [0.15, 0.2) is 0 Å². The second-order valence-corrected chi connectivity index (χ2v) is 7.76. The first kappa shape index (κ1) is 20.2. The molecule has 0 N–H and O–H groups in total. The first-order valence-electron chi connectivity index (χ1n) is 9.58. The topological polar surface area (TPSA) is 52.6 Å². The van der Waals surface area contributed by atoms with E-state index in [2.05, 4.69) is 4.98 Å². The molecule has 7 heteroatoms. The quantitative estimate of drug-likeness (QED) is 0.792. The Bertz CT molecular complexity index is 839. The number of nitrogens with zero attached hydrogens (tertiary/aromatic N) is 5. The van der Waals surface area contributed by atoms with Crippen LogP contribution >= 0.6 is 0 Å². The van der Waals surface area contributed by atoms with Gasteiger partial charge < -0.3 is 14.7 Å². The zero-order valence-electron chi connectivity index (χ0n) is 17.0. The summed E-state index contributed by atoms with van der Waals surface area (Å²) < 4.78 is 14.5. The molecule has 6 nitrogen and oxygen atoms in total. The van der Waals surface area contributed by atoms with Crippen LogP contribution in [0.25, 0.3) is 11.1 Å². The number of hydrogen-bond donors (Lipinski definition) is 0. The van der Waals surface area contributed by atoms with Crippen molar-refractivity contribution in [3.63, 3.8) is 0 Å². The number of amides is 1. The minimum Gasteiger partial charge on any atom is -0.347 e. The van der Waals surface area contributed by atoms with Crippen LogP contribution in [-0.4, -0.2) is 73.5 Å². The molecule has 0 radical (unpaired) electrons. The number of carbonyl (C=O) groups is 1. The van der Waals surface area contributed by atoms with Crippen LogP contribution in [0.15, 0.2) is 30.5 Å². The summed E-state index contributed by atoms with van der Waals surface area (Å²) in [5.41, 5.74) is 2.02. The van der Waals surface area contributed by atoms with Crippen LogP contribution < -0.4 is 4.90 Å². The van der Waals surface area contributed by atoms with E-state index in [0.29, 0.717) is 30.2 Å². The molecule has 1 amide bonds. The summed E-state index contributed by atoms with van der Waals surface area (Å²) in [6.07, 6.45) is 3.52. The average molecular weight is 385 g/mol. The Morgan fingerprint density at radius 2 is 1.96 bits per heavy atom. The molecule has 150 valence electrons.